The monoisotopic (exact) mass is 383 g/mol. The summed E-state index contributed by atoms with van der Waals surface area (Å²) in [6, 6.07) is 18.6. The minimum Gasteiger partial charge on any atom is -0.301 e. The summed E-state index contributed by atoms with van der Waals surface area (Å²) in [5.41, 5.74) is 4.21. The number of hydrogen-bond donors (Lipinski definition) is 0. The smallest absolute Gasteiger partial charge is 0.179 e. The van der Waals surface area contributed by atoms with Crippen molar-refractivity contribution in [2.24, 2.45) is 0 Å². The second-order valence-corrected chi connectivity index (χ2v) is 8.88. The molecule has 0 bridgehead atoms. The summed E-state index contributed by atoms with van der Waals surface area (Å²) in [4.78, 5) is 2.41. The molecule has 0 radical (unpaired) electrons. The van der Waals surface area contributed by atoms with E-state index in [4.69, 9.17) is 0 Å². The van der Waals surface area contributed by atoms with Crippen molar-refractivity contribution >= 4 is 9.84 Å². The summed E-state index contributed by atoms with van der Waals surface area (Å²) in [5, 5.41) is 4.66. The molecule has 0 saturated heterocycles. The van der Waals surface area contributed by atoms with Gasteiger partial charge in [0.1, 0.15) is 0 Å². The first-order chi connectivity index (χ1) is 12.9. The van der Waals surface area contributed by atoms with Crippen LogP contribution in [0.1, 0.15) is 17.0 Å². The molecule has 0 saturated carbocycles. The van der Waals surface area contributed by atoms with Gasteiger partial charge in [-0.2, -0.15) is 5.10 Å². The molecule has 3 aromatic rings. The zero-order valence-electron chi connectivity index (χ0n) is 16.0. The van der Waals surface area contributed by atoms with Gasteiger partial charge in [0.25, 0.3) is 0 Å². The van der Waals surface area contributed by atoms with Crippen LogP contribution >= 0.6 is 0 Å². The van der Waals surface area contributed by atoms with Crippen molar-refractivity contribution in [1.82, 2.24) is 14.7 Å². The van der Waals surface area contributed by atoms with Gasteiger partial charge in [-0.3, -0.25) is 0 Å². The molecule has 2 aromatic carbocycles. The Morgan fingerprint density at radius 1 is 0.963 bits per heavy atom. The number of para-hydroxylation sites is 1. The first-order valence-electron chi connectivity index (χ1n) is 8.95. The van der Waals surface area contributed by atoms with Gasteiger partial charge in [-0.1, -0.05) is 36.4 Å². The number of hydrogen-bond acceptors (Lipinski definition) is 4. The van der Waals surface area contributed by atoms with Crippen LogP contribution in [0.25, 0.3) is 5.69 Å². The van der Waals surface area contributed by atoms with Crippen LogP contribution < -0.4 is 0 Å². The van der Waals surface area contributed by atoms with Crippen LogP contribution in [-0.2, 0) is 16.4 Å². The molecule has 0 unspecified atom stereocenters. The molecule has 0 aliphatic heterocycles. The van der Waals surface area contributed by atoms with E-state index in [9.17, 15) is 8.42 Å². The predicted octanol–water partition coefficient (Wildman–Crippen LogP) is 3.39. The molecule has 1 aromatic heterocycles. The molecular weight excluding hydrogens is 358 g/mol. The Morgan fingerprint density at radius 2 is 1.56 bits per heavy atom. The van der Waals surface area contributed by atoms with Crippen LogP contribution in [-0.4, -0.2) is 42.4 Å². The van der Waals surface area contributed by atoms with Gasteiger partial charge in [0.15, 0.2) is 9.84 Å². The standard InChI is InChI=1S/C21H25N3O2S/c1-17-21(18(2)24(22-17)19-10-6-4-7-11-19)16-23(3)14-15-27(25,26)20-12-8-5-9-13-20/h4-13H,14-16H2,1-3H3. The minimum absolute atomic E-state index is 0.0957. The van der Waals surface area contributed by atoms with Crippen LogP contribution in [0.4, 0.5) is 0 Å². The molecule has 0 fully saturated rings. The summed E-state index contributed by atoms with van der Waals surface area (Å²) in [6.07, 6.45) is 0. The number of nitrogens with zero attached hydrogens (tertiary/aromatic N) is 3. The van der Waals surface area contributed by atoms with Crippen LogP contribution in [0, 0.1) is 13.8 Å². The zero-order valence-corrected chi connectivity index (χ0v) is 16.8. The third kappa shape index (κ3) is 4.46. The van der Waals surface area contributed by atoms with E-state index in [1.165, 1.54) is 0 Å². The number of benzene rings is 2. The van der Waals surface area contributed by atoms with E-state index in [-0.39, 0.29) is 5.75 Å². The first-order valence-corrected chi connectivity index (χ1v) is 10.6. The summed E-state index contributed by atoms with van der Waals surface area (Å²) in [5.74, 6) is 0.0957. The zero-order chi connectivity index (χ0) is 19.4. The summed E-state index contributed by atoms with van der Waals surface area (Å²) in [6.45, 7) is 5.18. The molecule has 0 aliphatic rings. The molecule has 5 nitrogen and oxygen atoms in total. The van der Waals surface area contributed by atoms with Crippen molar-refractivity contribution in [1.29, 1.82) is 0 Å². The van der Waals surface area contributed by atoms with Gasteiger partial charge in [0.2, 0.25) is 0 Å². The molecular formula is C21H25N3O2S. The van der Waals surface area contributed by atoms with Gasteiger partial charge in [-0.05, 0) is 45.2 Å². The third-order valence-electron chi connectivity index (χ3n) is 4.71. The molecule has 0 aliphatic carbocycles. The maximum atomic E-state index is 12.5. The molecule has 27 heavy (non-hydrogen) atoms. The van der Waals surface area contributed by atoms with E-state index in [2.05, 4.69) is 12.0 Å². The maximum absolute atomic E-state index is 12.5. The Kier molecular flexibility index (Phi) is 5.77. The lowest BCUT2D eigenvalue weighted by atomic mass is 10.2. The van der Waals surface area contributed by atoms with Gasteiger partial charge in [0.05, 0.1) is 22.0 Å². The Hall–Kier alpha value is -2.44. The Bertz CT molecular complexity index is 997. The van der Waals surface area contributed by atoms with Gasteiger partial charge < -0.3 is 4.90 Å². The number of aryl methyl sites for hydroxylation is 1. The largest absolute Gasteiger partial charge is 0.301 e. The molecule has 0 spiro atoms. The predicted molar refractivity (Wildman–Crippen MR) is 108 cm³/mol. The Labute approximate surface area is 161 Å². The van der Waals surface area contributed by atoms with Crippen LogP contribution in [0.15, 0.2) is 65.6 Å². The van der Waals surface area contributed by atoms with E-state index < -0.39 is 9.84 Å². The fraction of sp³-hybridized carbons (Fsp3) is 0.286. The summed E-state index contributed by atoms with van der Waals surface area (Å²) < 4.78 is 26.9. The van der Waals surface area contributed by atoms with Crippen molar-refractivity contribution in [2.45, 2.75) is 25.3 Å². The normalized spacial score (nSPS) is 11.9. The lowest BCUT2D eigenvalue weighted by Gasteiger charge is -2.17. The fourth-order valence-corrected chi connectivity index (χ4v) is 4.45. The molecule has 142 valence electrons. The fourth-order valence-electron chi connectivity index (χ4n) is 3.10. The van der Waals surface area contributed by atoms with Crippen LogP contribution in [0.2, 0.25) is 0 Å². The topological polar surface area (TPSA) is 55.2 Å². The SMILES string of the molecule is Cc1nn(-c2ccccc2)c(C)c1CN(C)CCS(=O)(=O)c1ccccc1. The van der Waals surface area contributed by atoms with Gasteiger partial charge in [0, 0.05) is 24.3 Å². The third-order valence-corrected chi connectivity index (χ3v) is 6.42. The average molecular weight is 384 g/mol. The molecule has 0 amide bonds. The summed E-state index contributed by atoms with van der Waals surface area (Å²) in [7, 11) is -1.32. The van der Waals surface area contributed by atoms with Gasteiger partial charge in [-0.15, -0.1) is 0 Å². The second kappa shape index (κ2) is 8.06. The summed E-state index contributed by atoms with van der Waals surface area (Å²) >= 11 is 0. The van der Waals surface area contributed by atoms with Crippen molar-refractivity contribution in [3.05, 3.63) is 77.6 Å². The quantitative estimate of drug-likeness (QED) is 0.627. The van der Waals surface area contributed by atoms with E-state index in [0.717, 1.165) is 22.6 Å². The van der Waals surface area contributed by atoms with Crippen molar-refractivity contribution in [3.63, 3.8) is 0 Å². The van der Waals surface area contributed by atoms with Gasteiger partial charge >= 0.3 is 0 Å². The highest BCUT2D eigenvalue weighted by molar-refractivity contribution is 7.91. The molecule has 1 heterocycles. The van der Waals surface area contributed by atoms with Crippen LogP contribution in [0.3, 0.4) is 0 Å². The average Bonchev–Trinajstić information content (AvgIpc) is 2.96. The lowest BCUT2D eigenvalue weighted by Crippen LogP contribution is -2.26. The van der Waals surface area contributed by atoms with Crippen molar-refractivity contribution in [2.75, 3.05) is 19.3 Å². The van der Waals surface area contributed by atoms with Crippen LogP contribution in [0.5, 0.6) is 0 Å². The number of sulfone groups is 1. The Morgan fingerprint density at radius 3 is 2.19 bits per heavy atom. The number of aromatic nitrogens is 2. The molecule has 6 heteroatoms. The molecule has 0 atom stereocenters. The molecule has 3 rings (SSSR count). The van der Waals surface area contributed by atoms with E-state index in [1.807, 2.05) is 60.0 Å². The lowest BCUT2D eigenvalue weighted by molar-refractivity contribution is 0.344. The second-order valence-electron chi connectivity index (χ2n) is 6.77. The van der Waals surface area contributed by atoms with Gasteiger partial charge in [-0.25, -0.2) is 13.1 Å². The van der Waals surface area contributed by atoms with Crippen molar-refractivity contribution < 1.29 is 8.42 Å². The van der Waals surface area contributed by atoms with E-state index >= 15 is 0 Å². The van der Waals surface area contributed by atoms with Crippen molar-refractivity contribution in [3.8, 4) is 5.69 Å². The highest BCUT2D eigenvalue weighted by Gasteiger charge is 2.18. The maximum Gasteiger partial charge on any atom is 0.179 e. The highest BCUT2D eigenvalue weighted by atomic mass is 32.2. The van der Waals surface area contributed by atoms with E-state index in [1.54, 1.807) is 24.3 Å². The Balaban J connectivity index is 1.70. The molecule has 0 N–H and O–H groups in total. The minimum atomic E-state index is -3.27. The number of rotatable bonds is 7. The van der Waals surface area contributed by atoms with E-state index in [0.29, 0.717) is 18.0 Å². The first kappa shape index (κ1) is 19.3. The highest BCUT2D eigenvalue weighted by Crippen LogP contribution is 2.19.